The van der Waals surface area contributed by atoms with Gasteiger partial charge in [0, 0.05) is 30.8 Å². The second-order valence-electron chi connectivity index (χ2n) is 7.59. The zero-order chi connectivity index (χ0) is 21.1. The zero-order valence-electron chi connectivity index (χ0n) is 16.5. The summed E-state index contributed by atoms with van der Waals surface area (Å²) in [5, 5.41) is 0. The zero-order valence-corrected chi connectivity index (χ0v) is 16.5. The van der Waals surface area contributed by atoms with Gasteiger partial charge in [-0.05, 0) is 37.0 Å². The number of nitrogens with zero attached hydrogens (tertiary/aromatic N) is 2. The molecule has 29 heavy (non-hydrogen) atoms. The molecule has 1 aromatic carbocycles. The highest BCUT2D eigenvalue weighted by atomic mass is 19.2. The van der Waals surface area contributed by atoms with Crippen molar-refractivity contribution in [2.24, 2.45) is 5.92 Å². The Kier molecular flexibility index (Phi) is 6.49. The van der Waals surface area contributed by atoms with Crippen LogP contribution < -0.4 is 0 Å². The maximum atomic E-state index is 13.7. The third-order valence-electron chi connectivity index (χ3n) is 5.89. The lowest BCUT2D eigenvalue weighted by Crippen LogP contribution is -2.51. The molecule has 2 aliphatic rings. The molecule has 2 atom stereocenters. The third-order valence-corrected chi connectivity index (χ3v) is 5.89. The van der Waals surface area contributed by atoms with Crippen molar-refractivity contribution in [1.29, 1.82) is 0 Å². The summed E-state index contributed by atoms with van der Waals surface area (Å²) in [6.07, 6.45) is 4.20. The number of amides is 2. The van der Waals surface area contributed by atoms with Crippen molar-refractivity contribution in [3.8, 4) is 0 Å². The average molecular weight is 410 g/mol. The summed E-state index contributed by atoms with van der Waals surface area (Å²) in [4.78, 5) is 28.0. The van der Waals surface area contributed by atoms with Crippen LogP contribution in [0.15, 0.2) is 18.2 Å². The fraction of sp³-hybridized carbons (Fsp3) is 0.524. The highest BCUT2D eigenvalue weighted by Crippen LogP contribution is 2.29. The minimum absolute atomic E-state index is 0.0145. The highest BCUT2D eigenvalue weighted by molar-refractivity contribution is 5.91. The van der Waals surface area contributed by atoms with E-state index in [1.807, 2.05) is 4.90 Å². The molecule has 2 saturated heterocycles. The molecule has 0 aliphatic carbocycles. The summed E-state index contributed by atoms with van der Waals surface area (Å²) in [5.41, 5.74) is -0.191. The lowest BCUT2D eigenvalue weighted by molar-refractivity contribution is -0.127. The van der Waals surface area contributed by atoms with Gasteiger partial charge in [-0.15, -0.1) is 0 Å². The Balaban J connectivity index is 1.60. The Morgan fingerprint density at radius 3 is 2.59 bits per heavy atom. The van der Waals surface area contributed by atoms with Crippen LogP contribution in [0, 0.1) is 23.4 Å². The van der Waals surface area contributed by atoms with Crippen LogP contribution in [-0.4, -0.2) is 53.6 Å². The first-order valence-corrected chi connectivity index (χ1v) is 9.89. The Labute approximate surface area is 168 Å². The number of piperidine rings is 1. The SMILES string of the molecule is CC[C@H](C)[C@H]1COC(=O)N1C1CCN(C(=O)/C=C/c2ccc(F)c(F)c2F)CC1. The number of hydrogen-bond acceptors (Lipinski definition) is 3. The van der Waals surface area contributed by atoms with Crippen molar-refractivity contribution in [3.63, 3.8) is 0 Å². The van der Waals surface area contributed by atoms with E-state index in [4.69, 9.17) is 4.74 Å². The van der Waals surface area contributed by atoms with Crippen LogP contribution in [0.1, 0.15) is 38.7 Å². The van der Waals surface area contributed by atoms with Crippen LogP contribution in [-0.2, 0) is 9.53 Å². The summed E-state index contributed by atoms with van der Waals surface area (Å²) >= 11 is 0. The first-order valence-electron chi connectivity index (χ1n) is 9.89. The Hall–Kier alpha value is -2.51. The average Bonchev–Trinajstić information content (AvgIpc) is 3.12. The normalized spacial score (nSPS) is 21.7. The number of halogens is 3. The first kappa shape index (κ1) is 21.2. The van der Waals surface area contributed by atoms with Gasteiger partial charge in [0.15, 0.2) is 17.5 Å². The van der Waals surface area contributed by atoms with E-state index in [0.717, 1.165) is 30.7 Å². The molecule has 2 fully saturated rings. The number of ether oxygens (including phenoxy) is 1. The van der Waals surface area contributed by atoms with Gasteiger partial charge >= 0.3 is 6.09 Å². The Morgan fingerprint density at radius 2 is 1.93 bits per heavy atom. The van der Waals surface area contributed by atoms with E-state index in [-0.39, 0.29) is 29.6 Å². The minimum Gasteiger partial charge on any atom is -0.447 e. The van der Waals surface area contributed by atoms with Crippen molar-refractivity contribution >= 4 is 18.1 Å². The van der Waals surface area contributed by atoms with Crippen LogP contribution >= 0.6 is 0 Å². The molecule has 0 unspecified atom stereocenters. The fourth-order valence-electron chi connectivity index (χ4n) is 3.88. The lowest BCUT2D eigenvalue weighted by Gasteiger charge is -2.38. The lowest BCUT2D eigenvalue weighted by atomic mass is 9.95. The predicted molar refractivity (Wildman–Crippen MR) is 101 cm³/mol. The summed E-state index contributed by atoms with van der Waals surface area (Å²) in [7, 11) is 0. The van der Waals surface area contributed by atoms with E-state index in [1.165, 1.54) is 0 Å². The highest BCUT2D eigenvalue weighted by Gasteiger charge is 2.41. The van der Waals surface area contributed by atoms with Crippen molar-refractivity contribution < 1.29 is 27.5 Å². The summed E-state index contributed by atoms with van der Waals surface area (Å²) in [5.74, 6) is -4.17. The standard InChI is InChI=1S/C21H25F3N2O3/c1-3-13(2)17-12-29-21(28)26(17)15-8-10-25(11-9-15)18(27)7-5-14-4-6-16(22)20(24)19(14)23/h4-7,13,15,17H,3,8-12H2,1-2H3/b7-5+/t13-,17+/m0/s1. The van der Waals surface area contributed by atoms with Gasteiger partial charge in [0.2, 0.25) is 5.91 Å². The second kappa shape index (κ2) is 8.88. The molecule has 1 aromatic rings. The molecule has 0 saturated carbocycles. The fourth-order valence-corrected chi connectivity index (χ4v) is 3.88. The maximum Gasteiger partial charge on any atom is 0.410 e. The molecule has 0 bridgehead atoms. The van der Waals surface area contributed by atoms with Crippen molar-refractivity contribution in [1.82, 2.24) is 9.80 Å². The van der Waals surface area contributed by atoms with Gasteiger partial charge in [-0.25, -0.2) is 18.0 Å². The van der Waals surface area contributed by atoms with Crippen LogP contribution in [0.3, 0.4) is 0 Å². The largest absolute Gasteiger partial charge is 0.447 e. The minimum atomic E-state index is -1.56. The first-order chi connectivity index (χ1) is 13.8. The molecular weight excluding hydrogens is 385 g/mol. The van der Waals surface area contributed by atoms with Crippen molar-refractivity contribution in [2.45, 2.75) is 45.2 Å². The molecule has 2 heterocycles. The van der Waals surface area contributed by atoms with Gasteiger partial charge in [-0.2, -0.15) is 0 Å². The number of benzene rings is 1. The number of cyclic esters (lactones) is 1. The Bertz CT molecular complexity index is 807. The molecule has 3 rings (SSSR count). The van der Waals surface area contributed by atoms with Crippen molar-refractivity contribution in [2.75, 3.05) is 19.7 Å². The number of hydrogen-bond donors (Lipinski definition) is 0. The molecule has 0 aromatic heterocycles. The molecule has 8 heteroatoms. The third kappa shape index (κ3) is 4.41. The van der Waals surface area contributed by atoms with E-state index in [9.17, 15) is 22.8 Å². The monoisotopic (exact) mass is 410 g/mol. The topological polar surface area (TPSA) is 49.9 Å². The van der Waals surface area contributed by atoms with E-state index in [2.05, 4.69) is 13.8 Å². The number of carbonyl (C=O) groups excluding carboxylic acids is 2. The molecule has 2 amide bonds. The summed E-state index contributed by atoms with van der Waals surface area (Å²) in [6, 6.07) is 1.96. The van der Waals surface area contributed by atoms with E-state index in [1.54, 1.807) is 4.90 Å². The number of carbonyl (C=O) groups is 2. The van der Waals surface area contributed by atoms with Gasteiger partial charge < -0.3 is 9.64 Å². The van der Waals surface area contributed by atoms with Gasteiger partial charge in [-0.3, -0.25) is 9.69 Å². The molecule has 0 spiro atoms. The van der Waals surface area contributed by atoms with Crippen LogP contribution in [0.4, 0.5) is 18.0 Å². The number of rotatable bonds is 5. The smallest absolute Gasteiger partial charge is 0.410 e. The molecular formula is C21H25F3N2O3. The van der Waals surface area contributed by atoms with Gasteiger partial charge in [-0.1, -0.05) is 20.3 Å². The van der Waals surface area contributed by atoms with E-state index < -0.39 is 17.5 Å². The van der Waals surface area contributed by atoms with Crippen LogP contribution in [0.5, 0.6) is 0 Å². The molecule has 0 N–H and O–H groups in total. The van der Waals surface area contributed by atoms with Gasteiger partial charge in [0.25, 0.3) is 0 Å². The number of likely N-dealkylation sites (tertiary alicyclic amines) is 1. The molecule has 5 nitrogen and oxygen atoms in total. The van der Waals surface area contributed by atoms with E-state index in [0.29, 0.717) is 38.5 Å². The Morgan fingerprint density at radius 1 is 1.24 bits per heavy atom. The van der Waals surface area contributed by atoms with Crippen molar-refractivity contribution in [3.05, 3.63) is 41.2 Å². The van der Waals surface area contributed by atoms with E-state index >= 15 is 0 Å². The predicted octanol–water partition coefficient (Wildman–Crippen LogP) is 3.98. The summed E-state index contributed by atoms with van der Waals surface area (Å²) in [6.45, 7) is 5.47. The maximum absolute atomic E-state index is 13.7. The molecule has 2 aliphatic heterocycles. The van der Waals surface area contributed by atoms with Gasteiger partial charge in [0.1, 0.15) is 6.61 Å². The quantitative estimate of drug-likeness (QED) is 0.545. The molecule has 158 valence electrons. The van der Waals surface area contributed by atoms with Crippen LogP contribution in [0.25, 0.3) is 6.08 Å². The second-order valence-corrected chi connectivity index (χ2v) is 7.59. The molecule has 0 radical (unpaired) electrons. The van der Waals surface area contributed by atoms with Crippen LogP contribution in [0.2, 0.25) is 0 Å². The summed E-state index contributed by atoms with van der Waals surface area (Å²) < 4.78 is 45.2. The van der Waals surface area contributed by atoms with Gasteiger partial charge in [0.05, 0.1) is 6.04 Å².